The number of carboxylic acids is 1. The molecule has 0 atom stereocenters. The number of carbonyl (C=O) groups excluding carboxylic acids is 1. The van der Waals surface area contributed by atoms with Crippen LogP contribution in [0.1, 0.15) is 28.4 Å². The van der Waals surface area contributed by atoms with Crippen molar-refractivity contribution in [2.45, 2.75) is 20.3 Å². The quantitative estimate of drug-likeness (QED) is 0.675. The number of benzene rings is 2. The maximum absolute atomic E-state index is 11.9. The molecule has 1 amide bonds. The maximum atomic E-state index is 11.9. The Hall–Kier alpha value is -2.93. The number of ether oxygens (including phenoxy) is 1. The van der Waals surface area contributed by atoms with Gasteiger partial charge in [-0.3, -0.25) is 10.1 Å². The fraction of sp³-hybridized carbons (Fsp3) is 0.211. The second-order valence-electron chi connectivity index (χ2n) is 5.62. The molecular formula is C19H20N2O4S. The largest absolute Gasteiger partial charge is 0.484 e. The van der Waals surface area contributed by atoms with E-state index in [-0.39, 0.29) is 17.3 Å². The summed E-state index contributed by atoms with van der Waals surface area (Å²) in [7, 11) is 0. The number of nitrogens with one attached hydrogen (secondary N) is 2. The van der Waals surface area contributed by atoms with Gasteiger partial charge in [-0.15, -0.1) is 0 Å². The summed E-state index contributed by atoms with van der Waals surface area (Å²) in [5.74, 6) is -0.846. The average Bonchev–Trinajstić information content (AvgIpc) is 2.62. The number of amides is 1. The zero-order valence-corrected chi connectivity index (χ0v) is 15.4. The van der Waals surface area contributed by atoms with E-state index < -0.39 is 11.9 Å². The predicted octanol–water partition coefficient (Wildman–Crippen LogP) is 3.15. The third-order valence-corrected chi connectivity index (χ3v) is 3.89. The van der Waals surface area contributed by atoms with Crippen LogP contribution in [-0.2, 0) is 11.2 Å². The van der Waals surface area contributed by atoms with Crippen molar-refractivity contribution in [2.24, 2.45) is 0 Å². The number of anilines is 1. The molecule has 0 radical (unpaired) electrons. The van der Waals surface area contributed by atoms with Crippen molar-refractivity contribution in [2.75, 3.05) is 11.9 Å². The van der Waals surface area contributed by atoms with Crippen molar-refractivity contribution in [3.8, 4) is 5.75 Å². The Morgan fingerprint density at radius 1 is 1.15 bits per heavy atom. The summed E-state index contributed by atoms with van der Waals surface area (Å²) in [5, 5.41) is 14.5. The molecule has 0 saturated carbocycles. The first-order chi connectivity index (χ1) is 12.4. The van der Waals surface area contributed by atoms with E-state index in [1.165, 1.54) is 17.7 Å². The number of hydrogen-bond donors (Lipinski definition) is 3. The SMILES string of the molecule is CCc1ccc(OCC(=O)NC(=S)Nc2cc(C(=O)O)ccc2C)cc1. The molecular weight excluding hydrogens is 352 g/mol. The van der Waals surface area contributed by atoms with Crippen LogP contribution in [0.2, 0.25) is 0 Å². The van der Waals surface area contributed by atoms with Crippen LogP contribution in [0.15, 0.2) is 42.5 Å². The second kappa shape index (κ2) is 8.96. The highest BCUT2D eigenvalue weighted by Gasteiger charge is 2.10. The molecule has 0 heterocycles. The molecule has 2 aromatic carbocycles. The molecule has 0 aliphatic rings. The van der Waals surface area contributed by atoms with Crippen molar-refractivity contribution in [3.05, 3.63) is 59.2 Å². The first-order valence-electron chi connectivity index (χ1n) is 8.05. The summed E-state index contributed by atoms with van der Waals surface area (Å²) >= 11 is 5.10. The fourth-order valence-electron chi connectivity index (χ4n) is 2.18. The number of aryl methyl sites for hydroxylation is 2. The topological polar surface area (TPSA) is 87.7 Å². The number of carbonyl (C=O) groups is 2. The van der Waals surface area contributed by atoms with Crippen molar-refractivity contribution < 1.29 is 19.4 Å². The normalized spacial score (nSPS) is 10.1. The van der Waals surface area contributed by atoms with Crippen LogP contribution in [-0.4, -0.2) is 28.7 Å². The van der Waals surface area contributed by atoms with Gasteiger partial charge in [0.2, 0.25) is 0 Å². The molecule has 26 heavy (non-hydrogen) atoms. The van der Waals surface area contributed by atoms with E-state index in [9.17, 15) is 9.59 Å². The van der Waals surface area contributed by atoms with Gasteiger partial charge in [0.1, 0.15) is 5.75 Å². The van der Waals surface area contributed by atoms with Gasteiger partial charge in [-0.05, 0) is 61.0 Å². The van der Waals surface area contributed by atoms with Crippen LogP contribution < -0.4 is 15.4 Å². The van der Waals surface area contributed by atoms with E-state index in [1.54, 1.807) is 6.07 Å². The van der Waals surface area contributed by atoms with Gasteiger partial charge in [-0.1, -0.05) is 25.1 Å². The molecule has 0 fully saturated rings. The van der Waals surface area contributed by atoms with Gasteiger partial charge in [0.15, 0.2) is 11.7 Å². The monoisotopic (exact) mass is 372 g/mol. The van der Waals surface area contributed by atoms with Crippen LogP contribution in [0.5, 0.6) is 5.75 Å². The van der Waals surface area contributed by atoms with E-state index in [4.69, 9.17) is 22.1 Å². The predicted molar refractivity (Wildman–Crippen MR) is 104 cm³/mol. The summed E-state index contributed by atoms with van der Waals surface area (Å²) in [4.78, 5) is 23.0. The molecule has 0 spiro atoms. The lowest BCUT2D eigenvalue weighted by Crippen LogP contribution is -2.37. The van der Waals surface area contributed by atoms with Gasteiger partial charge < -0.3 is 15.2 Å². The molecule has 0 bridgehead atoms. The minimum atomic E-state index is -1.04. The van der Waals surface area contributed by atoms with E-state index >= 15 is 0 Å². The maximum Gasteiger partial charge on any atom is 0.335 e. The van der Waals surface area contributed by atoms with Gasteiger partial charge in [0, 0.05) is 5.69 Å². The zero-order valence-electron chi connectivity index (χ0n) is 14.5. The van der Waals surface area contributed by atoms with Crippen molar-refractivity contribution in [1.82, 2.24) is 5.32 Å². The molecule has 0 aromatic heterocycles. The van der Waals surface area contributed by atoms with Gasteiger partial charge >= 0.3 is 5.97 Å². The molecule has 0 aliphatic carbocycles. The molecule has 6 nitrogen and oxygen atoms in total. The second-order valence-corrected chi connectivity index (χ2v) is 6.03. The standard InChI is InChI=1S/C19H20N2O4S/c1-3-13-5-8-15(9-6-13)25-11-17(22)21-19(26)20-16-10-14(18(23)24)7-4-12(16)2/h4-10H,3,11H2,1-2H3,(H,23,24)(H2,20,21,22,26). The smallest absolute Gasteiger partial charge is 0.335 e. The first-order valence-corrected chi connectivity index (χ1v) is 8.46. The highest BCUT2D eigenvalue weighted by molar-refractivity contribution is 7.80. The summed E-state index contributed by atoms with van der Waals surface area (Å²) in [6, 6.07) is 12.1. The summed E-state index contributed by atoms with van der Waals surface area (Å²) in [6.45, 7) is 3.69. The molecule has 0 unspecified atom stereocenters. The third-order valence-electron chi connectivity index (χ3n) is 3.69. The van der Waals surface area contributed by atoms with Gasteiger partial charge in [-0.25, -0.2) is 4.79 Å². The van der Waals surface area contributed by atoms with Crippen LogP contribution in [0.3, 0.4) is 0 Å². The average molecular weight is 372 g/mol. The Balaban J connectivity index is 1.87. The highest BCUT2D eigenvalue weighted by atomic mass is 32.1. The van der Waals surface area contributed by atoms with Crippen molar-refractivity contribution in [1.29, 1.82) is 0 Å². The van der Waals surface area contributed by atoms with Gasteiger partial charge in [0.05, 0.1) is 5.56 Å². The van der Waals surface area contributed by atoms with Gasteiger partial charge in [0.25, 0.3) is 5.91 Å². The summed E-state index contributed by atoms with van der Waals surface area (Å²) in [6.07, 6.45) is 0.934. The first kappa shape index (κ1) is 19.4. The third kappa shape index (κ3) is 5.56. The summed E-state index contributed by atoms with van der Waals surface area (Å²) in [5.41, 5.74) is 2.64. The van der Waals surface area contributed by atoms with Crippen LogP contribution >= 0.6 is 12.2 Å². The number of rotatable bonds is 6. The highest BCUT2D eigenvalue weighted by Crippen LogP contribution is 2.17. The van der Waals surface area contributed by atoms with Crippen LogP contribution in [0, 0.1) is 6.92 Å². The molecule has 3 N–H and O–H groups in total. The molecule has 2 aromatic rings. The number of aromatic carboxylic acids is 1. The van der Waals surface area contributed by atoms with Crippen molar-refractivity contribution >= 4 is 34.9 Å². The minimum absolute atomic E-state index is 0.0746. The van der Waals surface area contributed by atoms with E-state index in [0.717, 1.165) is 12.0 Å². The Kier molecular flexibility index (Phi) is 6.68. The van der Waals surface area contributed by atoms with Crippen LogP contribution in [0.4, 0.5) is 5.69 Å². The molecule has 136 valence electrons. The summed E-state index contributed by atoms with van der Waals surface area (Å²) < 4.78 is 5.42. The molecule has 7 heteroatoms. The lowest BCUT2D eigenvalue weighted by Gasteiger charge is -2.13. The van der Waals surface area contributed by atoms with E-state index in [2.05, 4.69) is 17.6 Å². The van der Waals surface area contributed by atoms with Crippen LogP contribution in [0.25, 0.3) is 0 Å². The Morgan fingerprint density at radius 2 is 1.85 bits per heavy atom. The lowest BCUT2D eigenvalue weighted by atomic mass is 10.1. The number of hydrogen-bond acceptors (Lipinski definition) is 4. The molecule has 0 aliphatic heterocycles. The molecule has 0 saturated heterocycles. The minimum Gasteiger partial charge on any atom is -0.484 e. The number of thiocarbonyl (C=S) groups is 1. The van der Waals surface area contributed by atoms with Crippen molar-refractivity contribution in [3.63, 3.8) is 0 Å². The Morgan fingerprint density at radius 3 is 2.46 bits per heavy atom. The lowest BCUT2D eigenvalue weighted by molar-refractivity contribution is -0.121. The van der Waals surface area contributed by atoms with E-state index in [1.807, 2.05) is 31.2 Å². The van der Waals surface area contributed by atoms with E-state index in [0.29, 0.717) is 11.4 Å². The zero-order chi connectivity index (χ0) is 19.1. The fourth-order valence-corrected chi connectivity index (χ4v) is 2.40. The Labute approximate surface area is 157 Å². The van der Waals surface area contributed by atoms with Gasteiger partial charge in [-0.2, -0.15) is 0 Å². The number of carboxylic acid groups (broad SMARTS) is 1. The Bertz CT molecular complexity index is 819. The molecule has 2 rings (SSSR count).